The highest BCUT2D eigenvalue weighted by molar-refractivity contribution is 14.1. The van der Waals surface area contributed by atoms with Gasteiger partial charge in [0.15, 0.2) is 12.4 Å². The second-order valence-electron chi connectivity index (χ2n) is 5.46. The zero-order chi connectivity index (χ0) is 18.5. The summed E-state index contributed by atoms with van der Waals surface area (Å²) in [5.41, 5.74) is 8.11. The van der Waals surface area contributed by atoms with Crippen LogP contribution < -0.4 is 11.1 Å². The zero-order valence-corrected chi connectivity index (χ0v) is 16.1. The molecule has 8 heteroatoms. The molecule has 26 heavy (non-hydrogen) atoms. The van der Waals surface area contributed by atoms with Gasteiger partial charge in [0.25, 0.3) is 0 Å². The summed E-state index contributed by atoms with van der Waals surface area (Å²) in [6, 6.07) is 14.8. The first-order valence-corrected chi connectivity index (χ1v) is 8.85. The molecule has 0 saturated heterocycles. The maximum absolute atomic E-state index is 12.1. The van der Waals surface area contributed by atoms with E-state index in [-0.39, 0.29) is 18.4 Å². The van der Waals surface area contributed by atoms with Crippen LogP contribution in [-0.4, -0.2) is 20.9 Å². The maximum Gasteiger partial charge on any atom is 0.338 e. The number of carbonyl (C=O) groups is 1. The van der Waals surface area contributed by atoms with E-state index in [9.17, 15) is 4.79 Å². The molecule has 0 atom stereocenters. The molecule has 1 aromatic heterocycles. The Morgan fingerprint density at radius 3 is 2.58 bits per heavy atom. The number of nitrogens with zero attached hydrogens (tertiary/aromatic N) is 3. The number of para-hydroxylation sites is 1. The fourth-order valence-corrected chi connectivity index (χ4v) is 2.55. The lowest BCUT2D eigenvalue weighted by atomic mass is 10.2. The van der Waals surface area contributed by atoms with Crippen molar-refractivity contribution in [2.24, 2.45) is 0 Å². The molecular formula is C18H16IN5O2. The van der Waals surface area contributed by atoms with E-state index in [0.717, 1.165) is 14.8 Å². The van der Waals surface area contributed by atoms with Crippen LogP contribution in [0.4, 0.5) is 17.6 Å². The van der Waals surface area contributed by atoms with Gasteiger partial charge in [0, 0.05) is 9.26 Å². The monoisotopic (exact) mass is 461 g/mol. The molecule has 0 radical (unpaired) electrons. The molecule has 0 saturated carbocycles. The molecule has 2 aromatic carbocycles. The lowest BCUT2D eigenvalue weighted by Crippen LogP contribution is -2.11. The van der Waals surface area contributed by atoms with Crippen LogP contribution in [0, 0.1) is 10.5 Å². The average Bonchev–Trinajstić information content (AvgIpc) is 2.62. The van der Waals surface area contributed by atoms with Gasteiger partial charge in [-0.2, -0.15) is 15.0 Å². The van der Waals surface area contributed by atoms with Crippen molar-refractivity contribution in [1.29, 1.82) is 0 Å². The minimum absolute atomic E-state index is 0.0522. The summed E-state index contributed by atoms with van der Waals surface area (Å²) in [4.78, 5) is 24.4. The standard InChI is InChI=1S/C18H16IN5O2/c1-11-4-2-3-5-14(11)21-18-23-15(22-17(20)24-18)10-26-16(25)12-6-8-13(19)9-7-12/h2-9H,10H2,1H3,(H3,20,21,22,23,24). The largest absolute Gasteiger partial charge is 0.454 e. The molecule has 3 rings (SSSR count). The molecule has 3 N–H and O–H groups in total. The van der Waals surface area contributed by atoms with Crippen molar-refractivity contribution in [2.75, 3.05) is 11.1 Å². The van der Waals surface area contributed by atoms with Gasteiger partial charge in [-0.3, -0.25) is 0 Å². The van der Waals surface area contributed by atoms with Crippen molar-refractivity contribution in [1.82, 2.24) is 15.0 Å². The Labute approximate surface area is 164 Å². The van der Waals surface area contributed by atoms with Crippen LogP contribution in [0.15, 0.2) is 48.5 Å². The van der Waals surface area contributed by atoms with Gasteiger partial charge in [-0.05, 0) is 65.4 Å². The number of aryl methyl sites for hydroxylation is 1. The Hall–Kier alpha value is -2.75. The van der Waals surface area contributed by atoms with Gasteiger partial charge in [-0.15, -0.1) is 0 Å². The van der Waals surface area contributed by atoms with Crippen molar-refractivity contribution in [3.8, 4) is 0 Å². The normalized spacial score (nSPS) is 10.4. The molecule has 1 heterocycles. The fourth-order valence-electron chi connectivity index (χ4n) is 2.19. The smallest absolute Gasteiger partial charge is 0.338 e. The second kappa shape index (κ2) is 8.09. The third-order valence-electron chi connectivity index (χ3n) is 3.50. The maximum atomic E-state index is 12.1. The molecule has 0 fully saturated rings. The predicted molar refractivity (Wildman–Crippen MR) is 107 cm³/mol. The highest BCUT2D eigenvalue weighted by atomic mass is 127. The Balaban J connectivity index is 1.70. The number of esters is 1. The van der Waals surface area contributed by atoms with E-state index in [1.807, 2.05) is 43.3 Å². The molecule has 0 spiro atoms. The van der Waals surface area contributed by atoms with E-state index >= 15 is 0 Å². The lowest BCUT2D eigenvalue weighted by molar-refractivity contribution is 0.0462. The van der Waals surface area contributed by atoms with E-state index in [4.69, 9.17) is 10.5 Å². The van der Waals surface area contributed by atoms with Gasteiger partial charge in [0.05, 0.1) is 5.56 Å². The minimum atomic E-state index is -0.450. The lowest BCUT2D eigenvalue weighted by Gasteiger charge is -2.09. The Kier molecular flexibility index (Phi) is 5.61. The molecule has 132 valence electrons. The number of anilines is 3. The van der Waals surface area contributed by atoms with Gasteiger partial charge >= 0.3 is 5.97 Å². The number of nitrogens with one attached hydrogen (secondary N) is 1. The second-order valence-corrected chi connectivity index (χ2v) is 6.70. The topological polar surface area (TPSA) is 103 Å². The first kappa shape index (κ1) is 18.1. The molecular weight excluding hydrogens is 445 g/mol. The highest BCUT2D eigenvalue weighted by Gasteiger charge is 2.11. The number of benzene rings is 2. The number of rotatable bonds is 5. The number of nitrogen functional groups attached to an aromatic ring is 1. The molecule has 3 aromatic rings. The Bertz CT molecular complexity index is 931. The van der Waals surface area contributed by atoms with E-state index in [0.29, 0.717) is 11.5 Å². The van der Waals surface area contributed by atoms with E-state index in [1.165, 1.54) is 0 Å². The molecule has 0 aliphatic heterocycles. The number of hydrogen-bond acceptors (Lipinski definition) is 7. The molecule has 0 aliphatic carbocycles. The SMILES string of the molecule is Cc1ccccc1Nc1nc(N)nc(COC(=O)c2ccc(I)cc2)n1. The van der Waals surface area contributed by atoms with Crippen molar-refractivity contribution < 1.29 is 9.53 Å². The molecule has 0 bridgehead atoms. The number of ether oxygens (including phenoxy) is 1. The number of halogens is 1. The average molecular weight is 461 g/mol. The summed E-state index contributed by atoms with van der Waals surface area (Å²) >= 11 is 2.17. The van der Waals surface area contributed by atoms with E-state index in [1.54, 1.807) is 12.1 Å². The first-order valence-electron chi connectivity index (χ1n) is 7.77. The van der Waals surface area contributed by atoms with Crippen LogP contribution in [-0.2, 0) is 11.3 Å². The highest BCUT2D eigenvalue weighted by Crippen LogP contribution is 2.18. The summed E-state index contributed by atoms with van der Waals surface area (Å²) in [5.74, 6) is 0.171. The van der Waals surface area contributed by atoms with Crippen LogP contribution in [0.3, 0.4) is 0 Å². The van der Waals surface area contributed by atoms with Crippen molar-refractivity contribution in [3.63, 3.8) is 0 Å². The Morgan fingerprint density at radius 2 is 1.85 bits per heavy atom. The minimum Gasteiger partial charge on any atom is -0.454 e. The van der Waals surface area contributed by atoms with Crippen LogP contribution in [0.25, 0.3) is 0 Å². The molecule has 0 amide bonds. The van der Waals surface area contributed by atoms with Crippen molar-refractivity contribution in [2.45, 2.75) is 13.5 Å². The van der Waals surface area contributed by atoms with Crippen LogP contribution in [0.5, 0.6) is 0 Å². The van der Waals surface area contributed by atoms with Gasteiger partial charge in [0.2, 0.25) is 11.9 Å². The molecule has 0 unspecified atom stereocenters. The zero-order valence-electron chi connectivity index (χ0n) is 13.9. The molecule has 0 aliphatic rings. The third kappa shape index (κ3) is 4.66. The quantitative estimate of drug-likeness (QED) is 0.443. The third-order valence-corrected chi connectivity index (χ3v) is 4.22. The van der Waals surface area contributed by atoms with Crippen molar-refractivity contribution in [3.05, 3.63) is 69.1 Å². The number of nitrogens with two attached hydrogens (primary N) is 1. The summed E-state index contributed by atoms with van der Waals surface area (Å²) in [7, 11) is 0. The summed E-state index contributed by atoms with van der Waals surface area (Å²) in [6.07, 6.45) is 0. The van der Waals surface area contributed by atoms with Crippen LogP contribution >= 0.6 is 22.6 Å². The van der Waals surface area contributed by atoms with Crippen LogP contribution in [0.1, 0.15) is 21.7 Å². The number of hydrogen-bond donors (Lipinski definition) is 2. The molecule has 7 nitrogen and oxygen atoms in total. The van der Waals surface area contributed by atoms with Gasteiger partial charge in [-0.25, -0.2) is 4.79 Å². The number of aromatic nitrogens is 3. The van der Waals surface area contributed by atoms with Gasteiger partial charge in [0.1, 0.15) is 0 Å². The Morgan fingerprint density at radius 1 is 1.12 bits per heavy atom. The summed E-state index contributed by atoms with van der Waals surface area (Å²) in [5, 5.41) is 3.10. The van der Waals surface area contributed by atoms with E-state index in [2.05, 4.69) is 42.9 Å². The summed E-state index contributed by atoms with van der Waals surface area (Å²) < 4.78 is 6.30. The van der Waals surface area contributed by atoms with Crippen molar-refractivity contribution >= 4 is 46.1 Å². The van der Waals surface area contributed by atoms with Crippen LogP contribution in [0.2, 0.25) is 0 Å². The van der Waals surface area contributed by atoms with Gasteiger partial charge < -0.3 is 15.8 Å². The fraction of sp³-hybridized carbons (Fsp3) is 0.111. The first-order chi connectivity index (χ1) is 12.5. The van der Waals surface area contributed by atoms with Gasteiger partial charge in [-0.1, -0.05) is 18.2 Å². The van der Waals surface area contributed by atoms with E-state index < -0.39 is 5.97 Å². The predicted octanol–water partition coefficient (Wildman–Crippen LogP) is 3.47. The summed E-state index contributed by atoms with van der Waals surface area (Å²) in [6.45, 7) is 1.87. The number of carbonyl (C=O) groups excluding carboxylic acids is 1.